The molecule has 1 aliphatic carbocycles. The van der Waals surface area contributed by atoms with Gasteiger partial charge in [-0.05, 0) is 37.6 Å². The second-order valence-corrected chi connectivity index (χ2v) is 5.24. The van der Waals surface area contributed by atoms with Gasteiger partial charge in [0.05, 0.1) is 12.1 Å². The molecule has 0 bridgehead atoms. The van der Waals surface area contributed by atoms with Crippen molar-refractivity contribution in [1.29, 1.82) is 5.26 Å². The number of thiophene rings is 1. The Bertz CT molecular complexity index is 415. The van der Waals surface area contributed by atoms with Crippen LogP contribution in [0, 0.1) is 16.7 Å². The molecule has 0 radical (unpaired) electrons. The van der Waals surface area contributed by atoms with E-state index in [0.717, 1.165) is 11.3 Å². The second kappa shape index (κ2) is 4.26. The van der Waals surface area contributed by atoms with Crippen molar-refractivity contribution < 1.29 is 4.79 Å². The zero-order valence-electron chi connectivity index (χ0n) is 9.19. The third kappa shape index (κ3) is 1.83. The highest BCUT2D eigenvalue weighted by molar-refractivity contribution is 7.10. The third-order valence-electron chi connectivity index (χ3n) is 3.17. The molecule has 1 unspecified atom stereocenters. The molecule has 1 amide bonds. The Kier molecular flexibility index (Phi) is 2.97. The number of carbonyl (C=O) groups is 1. The SMILES string of the molecule is CC(NC(=O)C1(C#N)CCC1)c1cccs1. The van der Waals surface area contributed by atoms with Crippen molar-refractivity contribution in [3.8, 4) is 6.07 Å². The van der Waals surface area contributed by atoms with Crippen LogP contribution >= 0.6 is 11.3 Å². The van der Waals surface area contributed by atoms with Crippen LogP contribution in [0.3, 0.4) is 0 Å². The van der Waals surface area contributed by atoms with Crippen molar-refractivity contribution in [2.75, 3.05) is 0 Å². The molecule has 84 valence electrons. The van der Waals surface area contributed by atoms with Gasteiger partial charge in [0.15, 0.2) is 0 Å². The number of nitrogens with zero attached hydrogens (tertiary/aromatic N) is 1. The van der Waals surface area contributed by atoms with Gasteiger partial charge in [-0.2, -0.15) is 5.26 Å². The summed E-state index contributed by atoms with van der Waals surface area (Å²) in [6, 6.07) is 6.11. The predicted octanol–water partition coefficient (Wildman–Crippen LogP) is 2.62. The third-order valence-corrected chi connectivity index (χ3v) is 4.23. The van der Waals surface area contributed by atoms with Crippen LogP contribution in [0.15, 0.2) is 17.5 Å². The lowest BCUT2D eigenvalue weighted by Gasteiger charge is -2.34. The summed E-state index contributed by atoms with van der Waals surface area (Å²) in [5.74, 6) is -0.109. The van der Waals surface area contributed by atoms with E-state index in [1.54, 1.807) is 11.3 Å². The zero-order chi connectivity index (χ0) is 11.6. The average molecular weight is 234 g/mol. The van der Waals surface area contributed by atoms with E-state index >= 15 is 0 Å². The summed E-state index contributed by atoms with van der Waals surface area (Å²) in [6.45, 7) is 1.95. The molecule has 0 aromatic carbocycles. The quantitative estimate of drug-likeness (QED) is 0.874. The van der Waals surface area contributed by atoms with E-state index in [4.69, 9.17) is 5.26 Å². The van der Waals surface area contributed by atoms with Gasteiger partial charge in [-0.15, -0.1) is 11.3 Å². The molecular formula is C12H14N2OS. The Balaban J connectivity index is 2.00. The average Bonchev–Trinajstić information content (AvgIpc) is 2.69. The summed E-state index contributed by atoms with van der Waals surface area (Å²) < 4.78 is 0. The molecule has 0 spiro atoms. The molecule has 0 aliphatic heterocycles. The minimum absolute atomic E-state index is 0.00155. The van der Waals surface area contributed by atoms with E-state index in [-0.39, 0.29) is 11.9 Å². The van der Waals surface area contributed by atoms with Crippen LogP contribution in [0.1, 0.15) is 37.1 Å². The minimum Gasteiger partial charge on any atom is -0.347 e. The van der Waals surface area contributed by atoms with Gasteiger partial charge in [-0.3, -0.25) is 4.79 Å². The number of hydrogen-bond acceptors (Lipinski definition) is 3. The molecule has 1 aliphatic rings. The number of nitriles is 1. The van der Waals surface area contributed by atoms with Crippen LogP contribution in [-0.4, -0.2) is 5.91 Å². The highest BCUT2D eigenvalue weighted by Crippen LogP contribution is 2.40. The van der Waals surface area contributed by atoms with Crippen molar-refractivity contribution >= 4 is 17.2 Å². The highest BCUT2D eigenvalue weighted by Gasteiger charge is 2.44. The van der Waals surface area contributed by atoms with Crippen molar-refractivity contribution in [1.82, 2.24) is 5.32 Å². The van der Waals surface area contributed by atoms with Crippen LogP contribution < -0.4 is 5.32 Å². The topological polar surface area (TPSA) is 52.9 Å². The lowest BCUT2D eigenvalue weighted by atomic mass is 9.69. The van der Waals surface area contributed by atoms with Crippen LogP contribution in [0.25, 0.3) is 0 Å². The second-order valence-electron chi connectivity index (χ2n) is 4.26. The van der Waals surface area contributed by atoms with Gasteiger partial charge in [0.1, 0.15) is 5.41 Å². The first-order chi connectivity index (χ1) is 7.68. The van der Waals surface area contributed by atoms with Crippen LogP contribution in [0.5, 0.6) is 0 Å². The first-order valence-corrected chi connectivity index (χ1v) is 6.31. The molecule has 1 saturated carbocycles. The summed E-state index contributed by atoms with van der Waals surface area (Å²) in [7, 11) is 0. The van der Waals surface area contributed by atoms with Gasteiger partial charge >= 0.3 is 0 Å². The normalized spacial score (nSPS) is 19.2. The maximum absolute atomic E-state index is 12.0. The molecule has 1 fully saturated rings. The van der Waals surface area contributed by atoms with E-state index in [2.05, 4.69) is 11.4 Å². The number of amides is 1. The van der Waals surface area contributed by atoms with Gasteiger partial charge in [0.2, 0.25) is 5.91 Å². The summed E-state index contributed by atoms with van der Waals surface area (Å²) >= 11 is 1.62. The van der Waals surface area contributed by atoms with Crippen LogP contribution in [-0.2, 0) is 4.79 Å². The summed E-state index contributed by atoms with van der Waals surface area (Å²) in [5, 5.41) is 14.0. The Morgan fingerprint density at radius 2 is 2.44 bits per heavy atom. The molecule has 3 nitrogen and oxygen atoms in total. The van der Waals surface area contributed by atoms with Crippen molar-refractivity contribution in [3.63, 3.8) is 0 Å². The largest absolute Gasteiger partial charge is 0.347 e. The smallest absolute Gasteiger partial charge is 0.240 e. The van der Waals surface area contributed by atoms with E-state index in [1.165, 1.54) is 0 Å². The number of nitrogens with one attached hydrogen (secondary N) is 1. The summed E-state index contributed by atoms with van der Waals surface area (Å²) in [4.78, 5) is 13.1. The summed E-state index contributed by atoms with van der Waals surface area (Å²) in [5.41, 5.74) is -0.745. The van der Waals surface area contributed by atoms with Gasteiger partial charge in [0, 0.05) is 4.88 Å². The maximum Gasteiger partial charge on any atom is 0.240 e. The Morgan fingerprint density at radius 3 is 2.88 bits per heavy atom. The molecular weight excluding hydrogens is 220 g/mol. The molecule has 1 N–H and O–H groups in total. The van der Waals surface area contributed by atoms with Gasteiger partial charge in [-0.1, -0.05) is 6.07 Å². The fourth-order valence-electron chi connectivity index (χ4n) is 1.86. The monoisotopic (exact) mass is 234 g/mol. The fourth-order valence-corrected chi connectivity index (χ4v) is 2.60. The molecule has 1 aromatic heterocycles. The van der Waals surface area contributed by atoms with Crippen molar-refractivity contribution in [3.05, 3.63) is 22.4 Å². The van der Waals surface area contributed by atoms with E-state index in [1.807, 2.05) is 24.4 Å². The Morgan fingerprint density at radius 1 is 1.69 bits per heavy atom. The Hall–Kier alpha value is -1.34. The molecule has 2 rings (SSSR count). The van der Waals surface area contributed by atoms with Gasteiger partial charge in [0.25, 0.3) is 0 Å². The lowest BCUT2D eigenvalue weighted by Crippen LogP contribution is -2.45. The van der Waals surface area contributed by atoms with Crippen molar-refractivity contribution in [2.45, 2.75) is 32.2 Å². The first-order valence-electron chi connectivity index (χ1n) is 5.43. The zero-order valence-corrected chi connectivity index (χ0v) is 10.0. The van der Waals surface area contributed by atoms with E-state index in [0.29, 0.717) is 12.8 Å². The molecule has 1 atom stereocenters. The molecule has 0 saturated heterocycles. The van der Waals surface area contributed by atoms with Crippen LogP contribution in [0.4, 0.5) is 0 Å². The number of hydrogen-bond donors (Lipinski definition) is 1. The van der Waals surface area contributed by atoms with Gasteiger partial charge < -0.3 is 5.32 Å². The predicted molar refractivity (Wildman–Crippen MR) is 62.8 cm³/mol. The standard InChI is InChI=1S/C12H14N2OS/c1-9(10-4-2-7-16-10)14-11(15)12(8-13)5-3-6-12/h2,4,7,9H,3,5-6H2,1H3,(H,14,15). The maximum atomic E-state index is 12.0. The molecule has 1 heterocycles. The summed E-state index contributed by atoms with van der Waals surface area (Å²) in [6.07, 6.45) is 2.38. The van der Waals surface area contributed by atoms with Crippen LogP contribution in [0.2, 0.25) is 0 Å². The van der Waals surface area contributed by atoms with Crippen molar-refractivity contribution in [2.24, 2.45) is 5.41 Å². The molecule has 16 heavy (non-hydrogen) atoms. The first kappa shape index (κ1) is 11.2. The number of carbonyl (C=O) groups excluding carboxylic acids is 1. The minimum atomic E-state index is -0.745. The van der Waals surface area contributed by atoms with E-state index < -0.39 is 5.41 Å². The molecule has 4 heteroatoms. The lowest BCUT2D eigenvalue weighted by molar-refractivity contribution is -0.132. The molecule has 1 aromatic rings. The van der Waals surface area contributed by atoms with E-state index in [9.17, 15) is 4.79 Å². The fraction of sp³-hybridized carbons (Fsp3) is 0.500. The Labute approximate surface area is 99.1 Å². The van der Waals surface area contributed by atoms with Gasteiger partial charge in [-0.25, -0.2) is 0 Å². The highest BCUT2D eigenvalue weighted by atomic mass is 32.1. The number of rotatable bonds is 3.